The second-order valence-electron chi connectivity index (χ2n) is 3.28. The van der Waals surface area contributed by atoms with Crippen molar-refractivity contribution in [2.75, 3.05) is 0 Å². The van der Waals surface area contributed by atoms with E-state index in [2.05, 4.69) is 20.9 Å². The number of benzene rings is 1. The monoisotopic (exact) mass is 286 g/mol. The van der Waals surface area contributed by atoms with Gasteiger partial charge in [-0.25, -0.2) is 4.98 Å². The van der Waals surface area contributed by atoms with E-state index in [1.165, 1.54) is 4.57 Å². The molecule has 1 aromatic carbocycles. The molecule has 0 aliphatic heterocycles. The van der Waals surface area contributed by atoms with Gasteiger partial charge < -0.3 is 0 Å². The van der Waals surface area contributed by atoms with Crippen LogP contribution in [0.25, 0.3) is 10.9 Å². The fourth-order valence-electron chi connectivity index (χ4n) is 1.40. The summed E-state index contributed by atoms with van der Waals surface area (Å²) >= 11 is 9.34. The van der Waals surface area contributed by atoms with Gasteiger partial charge in [0, 0.05) is 11.5 Å². The van der Waals surface area contributed by atoms with Crippen LogP contribution >= 0.6 is 27.5 Å². The van der Waals surface area contributed by atoms with E-state index in [4.69, 9.17) is 11.6 Å². The number of aromatic nitrogens is 2. The maximum atomic E-state index is 11.9. The lowest BCUT2D eigenvalue weighted by Crippen LogP contribution is -2.20. The maximum absolute atomic E-state index is 11.9. The molecule has 15 heavy (non-hydrogen) atoms. The minimum Gasteiger partial charge on any atom is -0.299 e. The lowest BCUT2D eigenvalue weighted by molar-refractivity contribution is 0.792. The van der Waals surface area contributed by atoms with Crippen LogP contribution in [0.15, 0.2) is 21.4 Å². The summed E-state index contributed by atoms with van der Waals surface area (Å²) in [5, 5.41) is 0.875. The Bertz CT molecular complexity index is 606. The molecule has 3 nitrogen and oxygen atoms in total. The van der Waals surface area contributed by atoms with Crippen molar-refractivity contribution >= 4 is 38.4 Å². The largest absolute Gasteiger partial charge is 0.299 e. The van der Waals surface area contributed by atoms with E-state index in [0.29, 0.717) is 26.2 Å². The summed E-state index contributed by atoms with van der Waals surface area (Å²) in [4.78, 5) is 16.2. The van der Waals surface area contributed by atoms with Crippen molar-refractivity contribution < 1.29 is 0 Å². The highest BCUT2D eigenvalue weighted by Gasteiger charge is 2.10. The minimum atomic E-state index is -0.121. The fraction of sp³-hybridized carbons (Fsp3) is 0.200. The van der Waals surface area contributed by atoms with Crippen LogP contribution < -0.4 is 5.56 Å². The maximum Gasteiger partial charge on any atom is 0.262 e. The smallest absolute Gasteiger partial charge is 0.262 e. The van der Waals surface area contributed by atoms with Gasteiger partial charge in [-0.2, -0.15) is 0 Å². The van der Waals surface area contributed by atoms with Gasteiger partial charge in [-0.05, 0) is 35.0 Å². The Hall–Kier alpha value is -0.870. The molecule has 0 radical (unpaired) electrons. The van der Waals surface area contributed by atoms with Gasteiger partial charge in [-0.1, -0.05) is 11.6 Å². The molecule has 0 bridgehead atoms. The summed E-state index contributed by atoms with van der Waals surface area (Å²) < 4.78 is 2.19. The third kappa shape index (κ3) is 1.58. The molecule has 0 spiro atoms. The lowest BCUT2D eigenvalue weighted by Gasteiger charge is -2.06. The number of hydrogen-bond acceptors (Lipinski definition) is 2. The van der Waals surface area contributed by atoms with E-state index in [1.54, 1.807) is 26.1 Å². The van der Waals surface area contributed by atoms with Gasteiger partial charge in [0.05, 0.1) is 15.9 Å². The summed E-state index contributed by atoms with van der Waals surface area (Å²) in [5.41, 5.74) is 0.507. The van der Waals surface area contributed by atoms with Gasteiger partial charge in [0.15, 0.2) is 0 Å². The Morgan fingerprint density at radius 3 is 2.80 bits per heavy atom. The van der Waals surface area contributed by atoms with E-state index in [-0.39, 0.29) is 5.56 Å². The van der Waals surface area contributed by atoms with E-state index in [9.17, 15) is 4.79 Å². The van der Waals surface area contributed by atoms with Gasteiger partial charge in [0.25, 0.3) is 5.56 Å². The van der Waals surface area contributed by atoms with Crippen LogP contribution in [-0.2, 0) is 7.05 Å². The zero-order valence-corrected chi connectivity index (χ0v) is 10.6. The van der Waals surface area contributed by atoms with Gasteiger partial charge in [-0.3, -0.25) is 9.36 Å². The molecule has 0 N–H and O–H groups in total. The predicted octanol–water partition coefficient (Wildman–Crippen LogP) is 2.66. The molecular weight excluding hydrogens is 279 g/mol. The van der Waals surface area contributed by atoms with Crippen molar-refractivity contribution in [1.82, 2.24) is 9.55 Å². The molecule has 0 aliphatic rings. The number of nitrogens with zero attached hydrogens (tertiary/aromatic N) is 2. The van der Waals surface area contributed by atoms with Crippen molar-refractivity contribution in [2.24, 2.45) is 7.05 Å². The number of hydrogen-bond donors (Lipinski definition) is 0. The molecule has 0 saturated heterocycles. The molecule has 0 saturated carbocycles. The van der Waals surface area contributed by atoms with Crippen LogP contribution in [0.5, 0.6) is 0 Å². The zero-order chi connectivity index (χ0) is 11.2. The molecule has 2 rings (SSSR count). The first-order valence-electron chi connectivity index (χ1n) is 4.33. The predicted molar refractivity (Wildman–Crippen MR) is 64.4 cm³/mol. The molecule has 78 valence electrons. The van der Waals surface area contributed by atoms with Crippen molar-refractivity contribution in [3.05, 3.63) is 37.8 Å². The Balaban J connectivity index is 3.08. The van der Waals surface area contributed by atoms with Crippen molar-refractivity contribution in [1.29, 1.82) is 0 Å². The van der Waals surface area contributed by atoms with Gasteiger partial charge in [-0.15, -0.1) is 0 Å². The fourth-order valence-corrected chi connectivity index (χ4v) is 1.97. The molecule has 0 unspecified atom stereocenters. The zero-order valence-electron chi connectivity index (χ0n) is 8.21. The summed E-state index contributed by atoms with van der Waals surface area (Å²) in [7, 11) is 1.68. The third-order valence-corrected chi connectivity index (χ3v) is 3.64. The quantitative estimate of drug-likeness (QED) is 0.746. The molecule has 0 fully saturated rings. The van der Waals surface area contributed by atoms with Gasteiger partial charge in [0.1, 0.15) is 5.82 Å². The van der Waals surface area contributed by atoms with E-state index < -0.39 is 0 Å². The van der Waals surface area contributed by atoms with Crippen molar-refractivity contribution in [3.63, 3.8) is 0 Å². The van der Waals surface area contributed by atoms with Crippen molar-refractivity contribution in [3.8, 4) is 0 Å². The van der Waals surface area contributed by atoms with E-state index in [0.717, 1.165) is 0 Å². The average Bonchev–Trinajstić information content (AvgIpc) is 2.20. The van der Waals surface area contributed by atoms with Crippen LogP contribution in [0.2, 0.25) is 5.02 Å². The highest BCUT2D eigenvalue weighted by Crippen LogP contribution is 2.27. The first-order chi connectivity index (χ1) is 7.02. The van der Waals surface area contributed by atoms with E-state index >= 15 is 0 Å². The lowest BCUT2D eigenvalue weighted by atomic mass is 10.2. The topological polar surface area (TPSA) is 34.9 Å². The van der Waals surface area contributed by atoms with Crippen LogP contribution in [0.4, 0.5) is 0 Å². The molecule has 0 atom stereocenters. The number of fused-ring (bicyclic) bond motifs is 1. The summed E-state index contributed by atoms with van der Waals surface area (Å²) in [6, 6.07) is 3.57. The number of halogens is 2. The van der Waals surface area contributed by atoms with Crippen molar-refractivity contribution in [2.45, 2.75) is 6.92 Å². The number of aryl methyl sites for hydroxylation is 1. The van der Waals surface area contributed by atoms with Crippen LogP contribution in [0, 0.1) is 6.92 Å². The molecular formula is C10H8BrClN2O. The Kier molecular flexibility index (Phi) is 2.56. The van der Waals surface area contributed by atoms with Gasteiger partial charge in [0.2, 0.25) is 0 Å². The normalized spacial score (nSPS) is 10.9. The first kappa shape index (κ1) is 10.6. The molecule has 0 amide bonds. The summed E-state index contributed by atoms with van der Waals surface area (Å²) in [5.74, 6) is 0.672. The van der Waals surface area contributed by atoms with E-state index in [1.807, 2.05) is 0 Å². The summed E-state index contributed by atoms with van der Waals surface area (Å²) in [6.07, 6.45) is 0. The Morgan fingerprint density at radius 2 is 2.13 bits per heavy atom. The number of rotatable bonds is 0. The highest BCUT2D eigenvalue weighted by molar-refractivity contribution is 9.10. The highest BCUT2D eigenvalue weighted by atomic mass is 79.9. The second-order valence-corrected chi connectivity index (χ2v) is 4.51. The first-order valence-corrected chi connectivity index (χ1v) is 5.51. The van der Waals surface area contributed by atoms with Gasteiger partial charge >= 0.3 is 0 Å². The van der Waals surface area contributed by atoms with Crippen LogP contribution in [0.1, 0.15) is 5.82 Å². The molecule has 1 heterocycles. The van der Waals surface area contributed by atoms with Crippen LogP contribution in [0.3, 0.4) is 0 Å². The molecule has 2 aromatic rings. The third-order valence-electron chi connectivity index (χ3n) is 2.36. The second kappa shape index (κ2) is 3.61. The average molecular weight is 288 g/mol. The molecule has 1 aromatic heterocycles. The Labute approximate surface area is 99.8 Å². The minimum absolute atomic E-state index is 0.121. The summed E-state index contributed by atoms with van der Waals surface area (Å²) in [6.45, 7) is 1.79. The molecule has 0 aliphatic carbocycles. The Morgan fingerprint density at radius 1 is 1.47 bits per heavy atom. The van der Waals surface area contributed by atoms with Crippen LogP contribution in [-0.4, -0.2) is 9.55 Å². The molecule has 5 heteroatoms. The standard InChI is InChI=1S/C10H8BrClN2O/c1-5-13-7-4-3-6(11)9(12)8(7)10(15)14(5)2/h3-4H,1-2H3. The SMILES string of the molecule is Cc1nc2ccc(Br)c(Cl)c2c(=O)n1C.